The Bertz CT molecular complexity index is 985. The van der Waals surface area contributed by atoms with Gasteiger partial charge in [-0.3, -0.25) is 0 Å². The zero-order chi connectivity index (χ0) is 15.1. The topological polar surface area (TPSA) is 77.8 Å². The van der Waals surface area contributed by atoms with Crippen molar-refractivity contribution in [2.24, 2.45) is 0 Å². The molecule has 3 aromatic rings. The molecule has 0 unspecified atom stereocenters. The molecule has 0 amide bonds. The molecule has 2 aromatic heterocycles. The van der Waals surface area contributed by atoms with Crippen molar-refractivity contribution in [2.45, 2.75) is 19.3 Å². The van der Waals surface area contributed by atoms with Gasteiger partial charge in [-0.25, -0.2) is 9.50 Å². The van der Waals surface area contributed by atoms with E-state index in [1.165, 1.54) is 5.56 Å². The third-order valence-electron chi connectivity index (χ3n) is 4.09. The third-order valence-corrected chi connectivity index (χ3v) is 4.09. The van der Waals surface area contributed by atoms with Crippen LogP contribution in [-0.2, 0) is 19.3 Å². The standard InChI is InChI=1S/C17H11N5/c18-8-7-15-14(9-19)17-20-10-12-6-5-11-3-1-2-4-13(11)16(12)22(17)21-15/h1-4,10H,5-7H2. The first kappa shape index (κ1) is 12.6. The monoisotopic (exact) mass is 285 g/mol. The summed E-state index contributed by atoms with van der Waals surface area (Å²) >= 11 is 0. The first-order valence-corrected chi connectivity index (χ1v) is 7.08. The Kier molecular flexibility index (Phi) is 2.67. The first-order valence-electron chi connectivity index (χ1n) is 7.08. The van der Waals surface area contributed by atoms with Crippen molar-refractivity contribution in [3.05, 3.63) is 52.8 Å². The van der Waals surface area contributed by atoms with Crippen LogP contribution in [0.2, 0.25) is 0 Å². The summed E-state index contributed by atoms with van der Waals surface area (Å²) in [6.45, 7) is 0. The zero-order valence-electron chi connectivity index (χ0n) is 11.7. The van der Waals surface area contributed by atoms with E-state index in [4.69, 9.17) is 5.26 Å². The van der Waals surface area contributed by atoms with Gasteiger partial charge in [-0.2, -0.15) is 15.6 Å². The Morgan fingerprint density at radius 1 is 1.14 bits per heavy atom. The van der Waals surface area contributed by atoms with Gasteiger partial charge in [0.05, 0.1) is 23.9 Å². The van der Waals surface area contributed by atoms with E-state index < -0.39 is 0 Å². The summed E-state index contributed by atoms with van der Waals surface area (Å²) < 4.78 is 1.73. The van der Waals surface area contributed by atoms with Crippen LogP contribution in [0.4, 0.5) is 0 Å². The van der Waals surface area contributed by atoms with E-state index in [2.05, 4.69) is 34.4 Å². The minimum absolute atomic E-state index is 0.114. The Morgan fingerprint density at radius 3 is 2.77 bits per heavy atom. The summed E-state index contributed by atoms with van der Waals surface area (Å²) in [7, 11) is 0. The summed E-state index contributed by atoms with van der Waals surface area (Å²) in [4.78, 5) is 4.41. The molecule has 0 saturated heterocycles. The number of benzene rings is 1. The van der Waals surface area contributed by atoms with Gasteiger partial charge in [0.2, 0.25) is 0 Å². The molecular weight excluding hydrogens is 274 g/mol. The molecule has 5 heteroatoms. The number of nitriles is 2. The number of hydrogen-bond acceptors (Lipinski definition) is 4. The molecule has 22 heavy (non-hydrogen) atoms. The fourth-order valence-corrected chi connectivity index (χ4v) is 3.09. The van der Waals surface area contributed by atoms with Crippen molar-refractivity contribution in [1.29, 1.82) is 10.5 Å². The normalized spacial score (nSPS) is 12.3. The van der Waals surface area contributed by atoms with Crippen LogP contribution in [-0.4, -0.2) is 14.6 Å². The largest absolute Gasteiger partial charge is 0.236 e. The highest BCUT2D eigenvalue weighted by molar-refractivity contribution is 5.73. The summed E-state index contributed by atoms with van der Waals surface area (Å²) in [6, 6.07) is 12.4. The van der Waals surface area contributed by atoms with E-state index >= 15 is 0 Å². The lowest BCUT2D eigenvalue weighted by atomic mass is 9.90. The van der Waals surface area contributed by atoms with Crippen LogP contribution in [0.25, 0.3) is 16.9 Å². The fraction of sp³-hybridized carbons (Fsp3) is 0.176. The number of nitrogens with zero attached hydrogens (tertiary/aromatic N) is 5. The van der Waals surface area contributed by atoms with Crippen molar-refractivity contribution in [2.75, 3.05) is 0 Å². The van der Waals surface area contributed by atoms with Crippen LogP contribution in [0, 0.1) is 22.7 Å². The molecule has 0 N–H and O–H groups in total. The molecule has 0 radical (unpaired) electrons. The van der Waals surface area contributed by atoms with Gasteiger partial charge >= 0.3 is 0 Å². The predicted molar refractivity (Wildman–Crippen MR) is 79.9 cm³/mol. The number of hydrogen-bond donors (Lipinski definition) is 0. The van der Waals surface area contributed by atoms with Crippen LogP contribution >= 0.6 is 0 Å². The molecular formula is C17H11N5. The minimum Gasteiger partial charge on any atom is -0.236 e. The lowest BCUT2D eigenvalue weighted by Gasteiger charge is -2.19. The SMILES string of the molecule is N#CCc1nn2c3c(cnc2c1C#N)CCc1ccccc1-3. The molecule has 5 nitrogen and oxygen atoms in total. The van der Waals surface area contributed by atoms with Gasteiger partial charge in [-0.15, -0.1) is 0 Å². The summed E-state index contributed by atoms with van der Waals surface area (Å²) in [5.74, 6) is 0. The van der Waals surface area contributed by atoms with E-state index in [0.29, 0.717) is 16.9 Å². The Balaban J connectivity index is 2.10. The molecule has 1 aliphatic rings. The molecule has 0 bridgehead atoms. The maximum Gasteiger partial charge on any atom is 0.173 e. The molecule has 0 saturated carbocycles. The Morgan fingerprint density at radius 2 is 1.95 bits per heavy atom. The summed E-state index contributed by atoms with van der Waals surface area (Å²) in [6.07, 6.45) is 3.83. The molecule has 2 heterocycles. The van der Waals surface area contributed by atoms with Crippen molar-refractivity contribution >= 4 is 5.65 Å². The zero-order valence-corrected chi connectivity index (χ0v) is 11.7. The first-order chi connectivity index (χ1) is 10.8. The Labute approximate surface area is 127 Å². The Hall–Kier alpha value is -3.18. The van der Waals surface area contributed by atoms with Gasteiger partial charge < -0.3 is 0 Å². The fourth-order valence-electron chi connectivity index (χ4n) is 3.09. The number of rotatable bonds is 1. The molecule has 0 spiro atoms. The number of fused-ring (bicyclic) bond motifs is 5. The van der Waals surface area contributed by atoms with E-state index in [-0.39, 0.29) is 6.42 Å². The van der Waals surface area contributed by atoms with Crippen LogP contribution in [0.15, 0.2) is 30.5 Å². The molecule has 1 aromatic carbocycles. The van der Waals surface area contributed by atoms with Gasteiger partial charge in [-0.05, 0) is 24.0 Å². The highest BCUT2D eigenvalue weighted by Gasteiger charge is 2.23. The van der Waals surface area contributed by atoms with Crippen LogP contribution in [0.3, 0.4) is 0 Å². The van der Waals surface area contributed by atoms with E-state index in [9.17, 15) is 5.26 Å². The highest BCUT2D eigenvalue weighted by atomic mass is 15.3. The lowest BCUT2D eigenvalue weighted by Crippen LogP contribution is -2.10. The summed E-state index contributed by atoms with van der Waals surface area (Å²) in [5, 5.41) is 22.8. The van der Waals surface area contributed by atoms with Crippen molar-refractivity contribution in [3.8, 4) is 23.4 Å². The molecule has 0 aliphatic heterocycles. The third kappa shape index (κ3) is 1.63. The highest BCUT2D eigenvalue weighted by Crippen LogP contribution is 2.33. The number of aromatic nitrogens is 3. The average Bonchev–Trinajstić information content (AvgIpc) is 2.92. The molecule has 4 rings (SSSR count). The van der Waals surface area contributed by atoms with E-state index in [0.717, 1.165) is 29.7 Å². The van der Waals surface area contributed by atoms with Crippen LogP contribution in [0.1, 0.15) is 22.4 Å². The van der Waals surface area contributed by atoms with Crippen molar-refractivity contribution in [3.63, 3.8) is 0 Å². The van der Waals surface area contributed by atoms with Gasteiger partial charge in [-0.1, -0.05) is 24.3 Å². The second-order valence-electron chi connectivity index (χ2n) is 5.29. The van der Waals surface area contributed by atoms with Gasteiger partial charge in [0.15, 0.2) is 5.65 Å². The van der Waals surface area contributed by atoms with Crippen molar-refractivity contribution < 1.29 is 0 Å². The van der Waals surface area contributed by atoms with Gasteiger partial charge in [0, 0.05) is 11.8 Å². The molecule has 0 fully saturated rings. The smallest absolute Gasteiger partial charge is 0.173 e. The van der Waals surface area contributed by atoms with Gasteiger partial charge in [0.25, 0.3) is 0 Å². The maximum atomic E-state index is 9.38. The van der Waals surface area contributed by atoms with Crippen LogP contribution in [0.5, 0.6) is 0 Å². The summed E-state index contributed by atoms with van der Waals surface area (Å²) in [5.41, 5.74) is 5.95. The van der Waals surface area contributed by atoms with E-state index in [1.54, 1.807) is 4.52 Å². The lowest BCUT2D eigenvalue weighted by molar-refractivity contribution is 0.850. The minimum atomic E-state index is 0.114. The predicted octanol–water partition coefficient (Wildman–Crippen LogP) is 2.43. The van der Waals surface area contributed by atoms with Gasteiger partial charge in [0.1, 0.15) is 11.6 Å². The molecule has 0 atom stereocenters. The average molecular weight is 285 g/mol. The number of aryl methyl sites for hydroxylation is 2. The van der Waals surface area contributed by atoms with Crippen molar-refractivity contribution in [1.82, 2.24) is 14.6 Å². The molecule has 104 valence electrons. The quantitative estimate of drug-likeness (QED) is 0.688. The van der Waals surface area contributed by atoms with Crippen LogP contribution < -0.4 is 0 Å². The second-order valence-corrected chi connectivity index (χ2v) is 5.29. The molecule has 1 aliphatic carbocycles. The maximum absolute atomic E-state index is 9.38. The van der Waals surface area contributed by atoms with E-state index in [1.807, 2.05) is 18.3 Å². The second kappa shape index (κ2) is 4.68.